The van der Waals surface area contributed by atoms with Crippen molar-refractivity contribution in [3.63, 3.8) is 0 Å². The van der Waals surface area contributed by atoms with Gasteiger partial charge in [-0.15, -0.1) is 0 Å². The van der Waals surface area contributed by atoms with Gasteiger partial charge < -0.3 is 9.64 Å². The van der Waals surface area contributed by atoms with Gasteiger partial charge in [-0.05, 0) is 38.0 Å². The Morgan fingerprint density at radius 1 is 1.21 bits per heavy atom. The predicted octanol–water partition coefficient (Wildman–Crippen LogP) is 1.51. The van der Waals surface area contributed by atoms with E-state index in [1.807, 2.05) is 13.8 Å². The molecule has 1 heterocycles. The number of amides is 1. The molecule has 0 unspecified atom stereocenters. The van der Waals surface area contributed by atoms with Crippen molar-refractivity contribution in [1.82, 2.24) is 9.21 Å². The summed E-state index contributed by atoms with van der Waals surface area (Å²) in [6.45, 7) is 5.60. The molecule has 0 aromatic heterocycles. The van der Waals surface area contributed by atoms with Gasteiger partial charge in [0.1, 0.15) is 0 Å². The molecule has 0 spiro atoms. The summed E-state index contributed by atoms with van der Waals surface area (Å²) in [5, 5.41) is 0. The second kappa shape index (κ2) is 8.09. The first-order chi connectivity index (χ1) is 11.3. The molecule has 0 atom stereocenters. The van der Waals surface area contributed by atoms with E-state index < -0.39 is 10.0 Å². The Bertz CT molecular complexity index is 650. The monoisotopic (exact) mass is 354 g/mol. The number of rotatable bonds is 6. The van der Waals surface area contributed by atoms with Crippen LogP contribution in [0.15, 0.2) is 29.2 Å². The second-order valence-electron chi connectivity index (χ2n) is 6.26. The standard InChI is InChI=1S/C17H26N2O4S/c1-14(2)18(3)17(20)9-6-15-4-7-16(8-5-15)24(21,22)19-10-12-23-13-11-19/h4-5,7-8,14H,6,9-13H2,1-3H3. The van der Waals surface area contributed by atoms with Gasteiger partial charge in [-0.2, -0.15) is 4.31 Å². The number of benzene rings is 1. The van der Waals surface area contributed by atoms with Gasteiger partial charge in [-0.25, -0.2) is 8.42 Å². The van der Waals surface area contributed by atoms with E-state index in [2.05, 4.69) is 0 Å². The van der Waals surface area contributed by atoms with E-state index in [0.29, 0.717) is 44.0 Å². The third kappa shape index (κ3) is 4.55. The summed E-state index contributed by atoms with van der Waals surface area (Å²) in [4.78, 5) is 14.0. The lowest BCUT2D eigenvalue weighted by atomic mass is 10.1. The SMILES string of the molecule is CC(C)N(C)C(=O)CCc1ccc(S(=O)(=O)N2CCOCC2)cc1. The lowest BCUT2D eigenvalue weighted by Gasteiger charge is -2.26. The third-order valence-corrected chi connectivity index (χ3v) is 6.24. The molecule has 134 valence electrons. The number of hydrogen-bond donors (Lipinski definition) is 0. The minimum Gasteiger partial charge on any atom is -0.379 e. The van der Waals surface area contributed by atoms with Crippen LogP contribution in [0.25, 0.3) is 0 Å². The first-order valence-corrected chi connectivity index (χ1v) is 9.69. The van der Waals surface area contributed by atoms with E-state index in [1.54, 1.807) is 36.2 Å². The molecule has 1 saturated heterocycles. The van der Waals surface area contributed by atoms with Gasteiger partial charge in [0.2, 0.25) is 15.9 Å². The van der Waals surface area contributed by atoms with Crippen molar-refractivity contribution in [2.24, 2.45) is 0 Å². The van der Waals surface area contributed by atoms with E-state index in [0.717, 1.165) is 5.56 Å². The van der Waals surface area contributed by atoms with Crippen LogP contribution in [0, 0.1) is 0 Å². The molecule has 1 aliphatic rings. The fourth-order valence-corrected chi connectivity index (χ4v) is 3.89. The van der Waals surface area contributed by atoms with E-state index in [1.165, 1.54) is 4.31 Å². The highest BCUT2D eigenvalue weighted by molar-refractivity contribution is 7.89. The van der Waals surface area contributed by atoms with E-state index >= 15 is 0 Å². The molecule has 1 amide bonds. The maximum Gasteiger partial charge on any atom is 0.243 e. The number of nitrogens with zero attached hydrogens (tertiary/aromatic N) is 2. The molecule has 0 N–H and O–H groups in total. The Balaban J connectivity index is 1.99. The average Bonchev–Trinajstić information content (AvgIpc) is 2.60. The van der Waals surface area contributed by atoms with Gasteiger partial charge >= 0.3 is 0 Å². The van der Waals surface area contributed by atoms with Gasteiger partial charge in [0.05, 0.1) is 18.1 Å². The summed E-state index contributed by atoms with van der Waals surface area (Å²) in [5.74, 6) is 0.0926. The molecule has 0 aliphatic carbocycles. The van der Waals surface area contributed by atoms with Crippen molar-refractivity contribution >= 4 is 15.9 Å². The molecule has 2 rings (SSSR count). The lowest BCUT2D eigenvalue weighted by Crippen LogP contribution is -2.40. The average molecular weight is 354 g/mol. The molecule has 0 bridgehead atoms. The first kappa shape index (κ1) is 18.9. The Labute approximate surface area is 144 Å². The van der Waals surface area contributed by atoms with Crippen molar-refractivity contribution in [3.05, 3.63) is 29.8 Å². The minimum absolute atomic E-state index is 0.0926. The van der Waals surface area contributed by atoms with Crippen LogP contribution in [-0.4, -0.2) is 62.9 Å². The van der Waals surface area contributed by atoms with Gasteiger partial charge in [-0.1, -0.05) is 12.1 Å². The zero-order chi connectivity index (χ0) is 17.7. The fourth-order valence-electron chi connectivity index (χ4n) is 2.48. The molecule has 1 aromatic rings. The van der Waals surface area contributed by atoms with Crippen LogP contribution in [0.3, 0.4) is 0 Å². The summed E-state index contributed by atoms with van der Waals surface area (Å²) in [6, 6.07) is 7.00. The van der Waals surface area contributed by atoms with Gasteiger partial charge in [0.15, 0.2) is 0 Å². The molecule has 0 saturated carbocycles. The highest BCUT2D eigenvalue weighted by Gasteiger charge is 2.26. The summed E-state index contributed by atoms with van der Waals surface area (Å²) in [7, 11) is -1.66. The Morgan fingerprint density at radius 2 is 1.79 bits per heavy atom. The minimum atomic E-state index is -3.46. The van der Waals surface area contributed by atoms with Crippen LogP contribution in [0.1, 0.15) is 25.8 Å². The summed E-state index contributed by atoms with van der Waals surface area (Å²) >= 11 is 0. The largest absolute Gasteiger partial charge is 0.379 e. The molecular weight excluding hydrogens is 328 g/mol. The van der Waals surface area contributed by atoms with Crippen LogP contribution in [0.5, 0.6) is 0 Å². The van der Waals surface area contributed by atoms with Crippen LogP contribution < -0.4 is 0 Å². The quantitative estimate of drug-likeness (QED) is 0.777. The highest BCUT2D eigenvalue weighted by Crippen LogP contribution is 2.18. The van der Waals surface area contributed by atoms with Crippen molar-refractivity contribution < 1.29 is 17.9 Å². The Morgan fingerprint density at radius 3 is 2.33 bits per heavy atom. The van der Waals surface area contributed by atoms with Gasteiger partial charge in [-0.3, -0.25) is 4.79 Å². The van der Waals surface area contributed by atoms with Crippen molar-refractivity contribution in [2.45, 2.75) is 37.6 Å². The van der Waals surface area contributed by atoms with Crippen molar-refractivity contribution in [1.29, 1.82) is 0 Å². The number of hydrogen-bond acceptors (Lipinski definition) is 4. The number of ether oxygens (including phenoxy) is 1. The van der Waals surface area contributed by atoms with E-state index in [9.17, 15) is 13.2 Å². The number of morpholine rings is 1. The molecule has 7 heteroatoms. The van der Waals surface area contributed by atoms with Crippen LogP contribution in [0.2, 0.25) is 0 Å². The normalized spacial score (nSPS) is 16.3. The first-order valence-electron chi connectivity index (χ1n) is 8.25. The maximum absolute atomic E-state index is 12.5. The number of carbonyl (C=O) groups excluding carboxylic acids is 1. The summed E-state index contributed by atoms with van der Waals surface area (Å²) in [6.07, 6.45) is 1.03. The fraction of sp³-hybridized carbons (Fsp3) is 0.588. The Kier molecular flexibility index (Phi) is 6.37. The smallest absolute Gasteiger partial charge is 0.243 e. The highest BCUT2D eigenvalue weighted by atomic mass is 32.2. The topological polar surface area (TPSA) is 66.9 Å². The second-order valence-corrected chi connectivity index (χ2v) is 8.20. The molecule has 1 fully saturated rings. The van der Waals surface area contributed by atoms with E-state index in [4.69, 9.17) is 4.74 Å². The summed E-state index contributed by atoms with van der Waals surface area (Å²) < 4.78 is 31.7. The number of aryl methyl sites for hydroxylation is 1. The zero-order valence-corrected chi connectivity index (χ0v) is 15.4. The van der Waals surface area contributed by atoms with Crippen LogP contribution in [0.4, 0.5) is 0 Å². The van der Waals surface area contributed by atoms with Crippen LogP contribution >= 0.6 is 0 Å². The Hall–Kier alpha value is -1.44. The summed E-state index contributed by atoms with van der Waals surface area (Å²) in [5.41, 5.74) is 0.960. The predicted molar refractivity (Wildman–Crippen MR) is 92.2 cm³/mol. The van der Waals surface area contributed by atoms with Crippen molar-refractivity contribution in [3.8, 4) is 0 Å². The zero-order valence-electron chi connectivity index (χ0n) is 14.6. The third-order valence-electron chi connectivity index (χ3n) is 4.33. The molecule has 0 radical (unpaired) electrons. The number of sulfonamides is 1. The van der Waals surface area contributed by atoms with E-state index in [-0.39, 0.29) is 11.9 Å². The molecule has 1 aromatic carbocycles. The maximum atomic E-state index is 12.5. The van der Waals surface area contributed by atoms with Crippen molar-refractivity contribution in [2.75, 3.05) is 33.4 Å². The number of carbonyl (C=O) groups is 1. The van der Waals surface area contributed by atoms with Gasteiger partial charge in [0.25, 0.3) is 0 Å². The molecular formula is C17H26N2O4S. The lowest BCUT2D eigenvalue weighted by molar-refractivity contribution is -0.131. The molecule has 24 heavy (non-hydrogen) atoms. The van der Waals surface area contributed by atoms with Gasteiger partial charge in [0, 0.05) is 32.6 Å². The molecule has 6 nitrogen and oxygen atoms in total. The molecule has 1 aliphatic heterocycles. The van der Waals surface area contributed by atoms with Crippen LogP contribution in [-0.2, 0) is 26.0 Å².